The van der Waals surface area contributed by atoms with Gasteiger partial charge in [-0.2, -0.15) is 0 Å². The van der Waals surface area contributed by atoms with E-state index in [-0.39, 0.29) is 12.5 Å². The van der Waals surface area contributed by atoms with Gasteiger partial charge in [0, 0.05) is 43.5 Å². The van der Waals surface area contributed by atoms with Gasteiger partial charge in [-0.15, -0.1) is 0 Å². The number of benzene rings is 1. The highest BCUT2D eigenvalue weighted by atomic mass is 16.5. The first-order valence-electron chi connectivity index (χ1n) is 9.49. The van der Waals surface area contributed by atoms with Gasteiger partial charge in [-0.05, 0) is 19.8 Å². The molecule has 1 aromatic heterocycles. The van der Waals surface area contributed by atoms with Crippen LogP contribution in [0.5, 0.6) is 0 Å². The van der Waals surface area contributed by atoms with E-state index in [0.717, 1.165) is 5.56 Å². The molecule has 1 N–H and O–H groups in total. The Hall–Kier alpha value is -2.80. The Bertz CT molecular complexity index is 894. The molecule has 2 saturated heterocycles. The fraction of sp³-hybridized carbons (Fsp3) is 0.429. The number of aryl methyl sites for hydroxylation is 1. The zero-order valence-electron chi connectivity index (χ0n) is 15.8. The second-order valence-corrected chi connectivity index (χ2v) is 7.60. The Morgan fingerprint density at radius 2 is 1.93 bits per heavy atom. The van der Waals surface area contributed by atoms with Crippen molar-refractivity contribution in [1.82, 2.24) is 14.9 Å². The maximum absolute atomic E-state index is 13.4. The molecule has 1 atom stereocenters. The fourth-order valence-corrected chi connectivity index (χ4v) is 4.36. The number of aromatic nitrogens is 2. The van der Waals surface area contributed by atoms with Crippen molar-refractivity contribution < 1.29 is 19.4 Å². The van der Waals surface area contributed by atoms with Crippen LogP contribution in [0.1, 0.15) is 29.0 Å². The molecule has 4 rings (SSSR count). The van der Waals surface area contributed by atoms with Gasteiger partial charge in [0.25, 0.3) is 5.91 Å². The maximum atomic E-state index is 13.4. The zero-order chi connectivity index (χ0) is 19.7. The lowest BCUT2D eigenvalue weighted by Gasteiger charge is -2.36. The highest BCUT2D eigenvalue weighted by molar-refractivity contribution is 6.00. The van der Waals surface area contributed by atoms with Crippen molar-refractivity contribution in [3.63, 3.8) is 0 Å². The van der Waals surface area contributed by atoms with Gasteiger partial charge in [-0.1, -0.05) is 30.3 Å². The number of ether oxygens (including phenoxy) is 1. The predicted molar refractivity (Wildman–Crippen MR) is 102 cm³/mol. The second kappa shape index (κ2) is 7.31. The third-order valence-corrected chi connectivity index (χ3v) is 5.91. The molecule has 0 bridgehead atoms. The molecule has 2 fully saturated rings. The van der Waals surface area contributed by atoms with E-state index in [2.05, 4.69) is 9.97 Å². The van der Waals surface area contributed by atoms with E-state index in [1.54, 1.807) is 18.0 Å². The average molecular weight is 381 g/mol. The molecule has 2 aliphatic heterocycles. The highest BCUT2D eigenvalue weighted by Gasteiger charge is 2.52. The number of rotatable bonds is 3. The van der Waals surface area contributed by atoms with Gasteiger partial charge >= 0.3 is 5.97 Å². The SMILES string of the molecule is Cc1ncc(C(=O)N2CC(C(=O)O)C3(CCOCC3)C2)c(-c2ccccc2)n1. The minimum absolute atomic E-state index is 0.205. The van der Waals surface area contributed by atoms with Gasteiger partial charge in [0.05, 0.1) is 17.2 Å². The van der Waals surface area contributed by atoms with Gasteiger partial charge in [0.1, 0.15) is 5.82 Å². The molecule has 0 saturated carbocycles. The van der Waals surface area contributed by atoms with E-state index < -0.39 is 17.3 Å². The van der Waals surface area contributed by atoms with Crippen molar-refractivity contribution in [1.29, 1.82) is 0 Å². The first-order valence-corrected chi connectivity index (χ1v) is 9.49. The Labute approximate surface area is 163 Å². The number of nitrogens with zero attached hydrogens (tertiary/aromatic N) is 3. The predicted octanol–water partition coefficient (Wildman–Crippen LogP) is 2.41. The summed E-state index contributed by atoms with van der Waals surface area (Å²) >= 11 is 0. The van der Waals surface area contributed by atoms with Crippen molar-refractivity contribution in [2.75, 3.05) is 26.3 Å². The van der Waals surface area contributed by atoms with E-state index in [0.29, 0.717) is 49.7 Å². The molecular weight excluding hydrogens is 358 g/mol. The molecule has 1 aromatic carbocycles. The summed E-state index contributed by atoms with van der Waals surface area (Å²) in [6.07, 6.45) is 2.87. The van der Waals surface area contributed by atoms with E-state index >= 15 is 0 Å². The van der Waals surface area contributed by atoms with Crippen LogP contribution in [-0.2, 0) is 9.53 Å². The number of amides is 1. The Morgan fingerprint density at radius 3 is 2.61 bits per heavy atom. The topological polar surface area (TPSA) is 92.6 Å². The monoisotopic (exact) mass is 381 g/mol. The van der Waals surface area contributed by atoms with Crippen LogP contribution in [0.4, 0.5) is 0 Å². The molecule has 3 heterocycles. The van der Waals surface area contributed by atoms with Gasteiger partial charge in [-0.25, -0.2) is 9.97 Å². The third-order valence-electron chi connectivity index (χ3n) is 5.91. The number of carboxylic acids is 1. The first kappa shape index (κ1) is 18.6. The summed E-state index contributed by atoms with van der Waals surface area (Å²) < 4.78 is 5.44. The molecule has 0 radical (unpaired) electrons. The van der Waals surface area contributed by atoms with E-state index in [4.69, 9.17) is 4.74 Å². The largest absolute Gasteiger partial charge is 0.481 e. The number of carbonyl (C=O) groups excluding carboxylic acids is 1. The van der Waals surface area contributed by atoms with Gasteiger partial charge in [0.2, 0.25) is 0 Å². The number of carboxylic acid groups (broad SMARTS) is 1. The minimum atomic E-state index is -0.847. The number of hydrogen-bond donors (Lipinski definition) is 1. The van der Waals surface area contributed by atoms with Crippen LogP contribution < -0.4 is 0 Å². The molecule has 1 spiro atoms. The Morgan fingerprint density at radius 1 is 1.21 bits per heavy atom. The van der Waals surface area contributed by atoms with Crippen LogP contribution in [0.3, 0.4) is 0 Å². The standard InChI is InChI=1S/C21H23N3O4/c1-14-22-11-16(18(23-14)15-5-3-2-4-6-15)19(25)24-12-17(20(26)27)21(13-24)7-9-28-10-8-21/h2-6,11,17H,7-10,12-13H2,1H3,(H,26,27). The Kier molecular flexibility index (Phi) is 4.85. The van der Waals surface area contributed by atoms with E-state index in [1.807, 2.05) is 30.3 Å². The van der Waals surface area contributed by atoms with Crippen LogP contribution in [0.2, 0.25) is 0 Å². The van der Waals surface area contributed by atoms with E-state index in [1.165, 1.54) is 0 Å². The lowest BCUT2D eigenvalue weighted by molar-refractivity contribution is -0.146. The lowest BCUT2D eigenvalue weighted by Crippen LogP contribution is -2.40. The summed E-state index contributed by atoms with van der Waals surface area (Å²) in [5.74, 6) is -1.05. The van der Waals surface area contributed by atoms with Crippen molar-refractivity contribution in [3.05, 3.63) is 47.9 Å². The first-order chi connectivity index (χ1) is 13.5. The zero-order valence-corrected chi connectivity index (χ0v) is 15.8. The molecule has 2 aromatic rings. The van der Waals surface area contributed by atoms with Crippen LogP contribution in [0.15, 0.2) is 36.5 Å². The van der Waals surface area contributed by atoms with Crippen molar-refractivity contribution >= 4 is 11.9 Å². The number of aliphatic carboxylic acids is 1. The number of carbonyl (C=O) groups is 2. The van der Waals surface area contributed by atoms with Crippen molar-refractivity contribution in [3.8, 4) is 11.3 Å². The molecule has 1 amide bonds. The molecule has 7 heteroatoms. The number of likely N-dealkylation sites (tertiary alicyclic amines) is 1. The third kappa shape index (κ3) is 3.26. The summed E-state index contributed by atoms with van der Waals surface area (Å²) in [5.41, 5.74) is 1.41. The molecule has 1 unspecified atom stereocenters. The van der Waals surface area contributed by atoms with Crippen LogP contribution in [-0.4, -0.2) is 58.2 Å². The fourth-order valence-electron chi connectivity index (χ4n) is 4.36. The molecule has 0 aliphatic carbocycles. The maximum Gasteiger partial charge on any atom is 0.308 e. The lowest BCUT2D eigenvalue weighted by atomic mass is 9.72. The summed E-state index contributed by atoms with van der Waals surface area (Å²) in [6, 6.07) is 9.51. The molecule has 2 aliphatic rings. The highest BCUT2D eigenvalue weighted by Crippen LogP contribution is 2.45. The molecule has 146 valence electrons. The summed E-state index contributed by atoms with van der Waals surface area (Å²) in [7, 11) is 0. The molecule has 7 nitrogen and oxygen atoms in total. The minimum Gasteiger partial charge on any atom is -0.481 e. The molecular formula is C21H23N3O4. The molecule has 28 heavy (non-hydrogen) atoms. The second-order valence-electron chi connectivity index (χ2n) is 7.60. The van der Waals surface area contributed by atoms with Gasteiger partial charge in [-0.3, -0.25) is 9.59 Å². The van der Waals surface area contributed by atoms with Crippen molar-refractivity contribution in [2.24, 2.45) is 11.3 Å². The van der Waals surface area contributed by atoms with Crippen LogP contribution in [0.25, 0.3) is 11.3 Å². The number of hydrogen-bond acceptors (Lipinski definition) is 5. The quantitative estimate of drug-likeness (QED) is 0.878. The van der Waals surface area contributed by atoms with Crippen LogP contribution >= 0.6 is 0 Å². The normalized spacial score (nSPS) is 21.0. The summed E-state index contributed by atoms with van der Waals surface area (Å²) in [6.45, 7) is 3.49. The van der Waals surface area contributed by atoms with Gasteiger partial charge in [0.15, 0.2) is 0 Å². The summed E-state index contributed by atoms with van der Waals surface area (Å²) in [4.78, 5) is 35.7. The smallest absolute Gasteiger partial charge is 0.308 e. The summed E-state index contributed by atoms with van der Waals surface area (Å²) in [5, 5.41) is 9.77. The van der Waals surface area contributed by atoms with E-state index in [9.17, 15) is 14.7 Å². The van der Waals surface area contributed by atoms with Crippen LogP contribution in [0, 0.1) is 18.3 Å². The van der Waals surface area contributed by atoms with Gasteiger partial charge < -0.3 is 14.7 Å². The van der Waals surface area contributed by atoms with Crippen molar-refractivity contribution in [2.45, 2.75) is 19.8 Å². The average Bonchev–Trinajstić information content (AvgIpc) is 3.07. The Balaban J connectivity index is 1.68.